The molecule has 1 heterocycles. The van der Waals surface area contributed by atoms with E-state index < -0.39 is 31.0 Å². The number of rotatable bonds is 6. The van der Waals surface area contributed by atoms with Gasteiger partial charge in [-0.2, -0.15) is 0 Å². The molecule has 0 aliphatic rings. The van der Waals surface area contributed by atoms with Gasteiger partial charge in [-0.1, -0.05) is 0 Å². The van der Waals surface area contributed by atoms with Gasteiger partial charge in [-0.15, -0.1) is 0 Å². The van der Waals surface area contributed by atoms with Crippen LogP contribution in [0.3, 0.4) is 0 Å². The average molecular weight is 269 g/mol. The van der Waals surface area contributed by atoms with Gasteiger partial charge in [0.05, 0.1) is 7.11 Å². The molecule has 0 atom stereocenters. The van der Waals surface area contributed by atoms with Crippen molar-refractivity contribution >= 4 is 23.7 Å². The second kappa shape index (κ2) is 6.28. The van der Waals surface area contributed by atoms with E-state index in [0.29, 0.717) is 0 Å². The standard InChI is InChI=1S/C10H11N3O6/c1-19-10(18)9-11-3-2-6(12-9)13(4-7(14)15)5-8(16)17/h2-3H,4-5H2,1H3,(H,14,15)(H,16,17). The molecule has 2 N–H and O–H groups in total. The normalized spacial score (nSPS) is 9.74. The lowest BCUT2D eigenvalue weighted by molar-refractivity contribution is -0.136. The molecule has 102 valence electrons. The fraction of sp³-hybridized carbons (Fsp3) is 0.300. The highest BCUT2D eigenvalue weighted by molar-refractivity contribution is 5.85. The van der Waals surface area contributed by atoms with Crippen molar-refractivity contribution in [2.75, 3.05) is 25.1 Å². The largest absolute Gasteiger partial charge is 0.480 e. The quantitative estimate of drug-likeness (QED) is 0.639. The van der Waals surface area contributed by atoms with Gasteiger partial charge in [0.2, 0.25) is 5.82 Å². The van der Waals surface area contributed by atoms with E-state index in [4.69, 9.17) is 10.2 Å². The fourth-order valence-electron chi connectivity index (χ4n) is 1.26. The SMILES string of the molecule is COC(=O)c1nccc(N(CC(=O)O)CC(=O)O)n1. The predicted octanol–water partition coefficient (Wildman–Crippen LogP) is -0.761. The summed E-state index contributed by atoms with van der Waals surface area (Å²) >= 11 is 0. The Balaban J connectivity index is 3.04. The van der Waals surface area contributed by atoms with Crippen molar-refractivity contribution in [1.82, 2.24) is 9.97 Å². The number of carbonyl (C=O) groups is 3. The van der Waals surface area contributed by atoms with Crippen molar-refractivity contribution in [1.29, 1.82) is 0 Å². The molecule has 0 aliphatic heterocycles. The lowest BCUT2D eigenvalue weighted by atomic mass is 10.4. The first-order valence-corrected chi connectivity index (χ1v) is 5.04. The highest BCUT2D eigenvalue weighted by Crippen LogP contribution is 2.10. The Morgan fingerprint density at radius 2 is 1.84 bits per heavy atom. The zero-order chi connectivity index (χ0) is 14.4. The minimum absolute atomic E-state index is 0.0141. The Hall–Kier alpha value is -2.71. The van der Waals surface area contributed by atoms with Gasteiger partial charge in [0, 0.05) is 6.20 Å². The van der Waals surface area contributed by atoms with Crippen LogP contribution in [0.1, 0.15) is 10.6 Å². The van der Waals surface area contributed by atoms with Crippen LogP contribution < -0.4 is 4.90 Å². The van der Waals surface area contributed by atoms with Crippen molar-refractivity contribution in [2.45, 2.75) is 0 Å². The summed E-state index contributed by atoms with van der Waals surface area (Å²) in [6.45, 7) is -1.13. The summed E-state index contributed by atoms with van der Waals surface area (Å²) in [5.41, 5.74) is 0. The van der Waals surface area contributed by atoms with Crippen LogP contribution in [0, 0.1) is 0 Å². The number of carboxylic acid groups (broad SMARTS) is 2. The van der Waals surface area contributed by atoms with E-state index in [1.807, 2.05) is 0 Å². The van der Waals surface area contributed by atoms with E-state index in [2.05, 4.69) is 14.7 Å². The smallest absolute Gasteiger partial charge is 0.376 e. The topological polar surface area (TPSA) is 130 Å². The van der Waals surface area contributed by atoms with Gasteiger partial charge in [-0.25, -0.2) is 14.8 Å². The summed E-state index contributed by atoms with van der Waals surface area (Å²) in [5, 5.41) is 17.4. The number of carbonyl (C=O) groups excluding carboxylic acids is 1. The number of hydrogen-bond donors (Lipinski definition) is 2. The van der Waals surface area contributed by atoms with Gasteiger partial charge in [-0.05, 0) is 6.07 Å². The second-order valence-corrected chi connectivity index (χ2v) is 3.37. The Kier molecular flexibility index (Phi) is 4.75. The van der Waals surface area contributed by atoms with E-state index in [9.17, 15) is 14.4 Å². The lowest BCUT2D eigenvalue weighted by Gasteiger charge is -2.19. The maximum Gasteiger partial charge on any atom is 0.376 e. The number of esters is 1. The summed E-state index contributed by atoms with van der Waals surface area (Å²) in [7, 11) is 1.14. The number of nitrogens with zero attached hydrogens (tertiary/aromatic N) is 3. The Bertz CT molecular complexity index is 488. The van der Waals surface area contributed by atoms with Crippen LogP contribution in [0.2, 0.25) is 0 Å². The molecular weight excluding hydrogens is 258 g/mol. The maximum atomic E-state index is 11.2. The van der Waals surface area contributed by atoms with Gasteiger partial charge in [0.15, 0.2) is 0 Å². The molecule has 19 heavy (non-hydrogen) atoms. The number of ether oxygens (including phenoxy) is 1. The highest BCUT2D eigenvalue weighted by Gasteiger charge is 2.18. The third-order valence-electron chi connectivity index (χ3n) is 1.99. The molecular formula is C10H11N3O6. The molecule has 9 heteroatoms. The van der Waals surface area contributed by atoms with Crippen molar-refractivity contribution in [3.05, 3.63) is 18.1 Å². The van der Waals surface area contributed by atoms with Crippen LogP contribution in [0.5, 0.6) is 0 Å². The first-order chi connectivity index (χ1) is 8.93. The molecule has 0 aliphatic carbocycles. The first-order valence-electron chi connectivity index (χ1n) is 5.04. The summed E-state index contributed by atoms with van der Waals surface area (Å²) in [6, 6.07) is 1.30. The molecule has 0 saturated carbocycles. The summed E-state index contributed by atoms with van der Waals surface area (Å²) < 4.78 is 4.42. The van der Waals surface area contributed by atoms with Crippen molar-refractivity contribution in [3.8, 4) is 0 Å². The number of methoxy groups -OCH3 is 1. The molecule has 0 spiro atoms. The molecule has 0 radical (unpaired) electrons. The van der Waals surface area contributed by atoms with Gasteiger partial charge < -0.3 is 19.8 Å². The second-order valence-electron chi connectivity index (χ2n) is 3.37. The zero-order valence-electron chi connectivity index (χ0n) is 9.94. The molecule has 0 fully saturated rings. The molecule has 0 bridgehead atoms. The number of aromatic nitrogens is 2. The van der Waals surface area contributed by atoms with Gasteiger partial charge >= 0.3 is 17.9 Å². The number of anilines is 1. The van der Waals surface area contributed by atoms with E-state index in [-0.39, 0.29) is 11.6 Å². The zero-order valence-corrected chi connectivity index (χ0v) is 9.94. The number of hydrogen-bond acceptors (Lipinski definition) is 7. The van der Waals surface area contributed by atoms with E-state index in [1.165, 1.54) is 12.3 Å². The Labute approximate surface area is 107 Å². The minimum Gasteiger partial charge on any atom is -0.480 e. The third-order valence-corrected chi connectivity index (χ3v) is 1.99. The maximum absolute atomic E-state index is 11.2. The lowest BCUT2D eigenvalue weighted by Crippen LogP contribution is -2.35. The van der Waals surface area contributed by atoms with E-state index in [1.54, 1.807) is 0 Å². The van der Waals surface area contributed by atoms with Crippen LogP contribution in [0.25, 0.3) is 0 Å². The molecule has 1 aromatic heterocycles. The van der Waals surface area contributed by atoms with E-state index in [0.717, 1.165) is 12.0 Å². The monoisotopic (exact) mass is 269 g/mol. The molecule has 0 saturated heterocycles. The predicted molar refractivity (Wildman–Crippen MR) is 60.9 cm³/mol. The highest BCUT2D eigenvalue weighted by atomic mass is 16.5. The number of aliphatic carboxylic acids is 2. The van der Waals surface area contributed by atoms with Crippen molar-refractivity contribution in [3.63, 3.8) is 0 Å². The molecule has 0 aromatic carbocycles. The van der Waals surface area contributed by atoms with Gasteiger partial charge in [0.25, 0.3) is 0 Å². The van der Waals surface area contributed by atoms with Crippen LogP contribution >= 0.6 is 0 Å². The van der Waals surface area contributed by atoms with E-state index >= 15 is 0 Å². The summed E-state index contributed by atoms with van der Waals surface area (Å²) in [4.78, 5) is 41.0. The number of carboxylic acids is 2. The van der Waals surface area contributed by atoms with Crippen LogP contribution in [-0.2, 0) is 14.3 Å². The summed E-state index contributed by atoms with van der Waals surface area (Å²) in [6.07, 6.45) is 1.21. The fourth-order valence-corrected chi connectivity index (χ4v) is 1.26. The minimum atomic E-state index is -1.22. The average Bonchev–Trinajstić information content (AvgIpc) is 2.36. The molecule has 9 nitrogen and oxygen atoms in total. The first kappa shape index (κ1) is 14.4. The Morgan fingerprint density at radius 1 is 1.26 bits per heavy atom. The van der Waals surface area contributed by atoms with Crippen molar-refractivity contribution in [2.24, 2.45) is 0 Å². The van der Waals surface area contributed by atoms with Crippen LogP contribution in [0.15, 0.2) is 12.3 Å². The molecule has 1 rings (SSSR count). The van der Waals surface area contributed by atoms with Crippen LogP contribution in [0.4, 0.5) is 5.82 Å². The Morgan fingerprint density at radius 3 is 2.32 bits per heavy atom. The van der Waals surface area contributed by atoms with Crippen molar-refractivity contribution < 1.29 is 29.3 Å². The summed E-state index contributed by atoms with van der Waals surface area (Å²) in [5.74, 6) is -3.51. The molecule has 0 amide bonds. The third kappa shape index (κ3) is 4.22. The van der Waals surface area contributed by atoms with Gasteiger partial charge in [-0.3, -0.25) is 9.59 Å². The molecule has 1 aromatic rings. The molecule has 0 unspecified atom stereocenters. The van der Waals surface area contributed by atoms with Gasteiger partial charge in [0.1, 0.15) is 18.9 Å². The van der Waals surface area contributed by atoms with Crippen LogP contribution in [-0.4, -0.2) is 58.3 Å².